The van der Waals surface area contributed by atoms with E-state index >= 15 is 0 Å². The van der Waals surface area contributed by atoms with Crippen LogP contribution in [-0.2, 0) is 6.54 Å². The zero-order chi connectivity index (χ0) is 14.7. The van der Waals surface area contributed by atoms with Gasteiger partial charge in [0.15, 0.2) is 0 Å². The fourth-order valence-electron chi connectivity index (χ4n) is 2.13. The van der Waals surface area contributed by atoms with Gasteiger partial charge in [-0.3, -0.25) is 5.32 Å². The standard InChI is InChI=1S/C16H13BrClNOS/c17-12-5-2-1-4-11(12)10-19-16(13-6-3-9-20-13)14-7-8-15(18)21-14/h1-9,16,19H,10H2. The third-order valence-electron chi connectivity index (χ3n) is 3.16. The molecule has 0 aliphatic rings. The van der Waals surface area contributed by atoms with Crippen LogP contribution in [0.5, 0.6) is 0 Å². The number of thiophene rings is 1. The highest BCUT2D eigenvalue weighted by Gasteiger charge is 2.18. The molecule has 2 heterocycles. The van der Waals surface area contributed by atoms with Crippen molar-refractivity contribution in [3.63, 3.8) is 0 Å². The second-order valence-electron chi connectivity index (χ2n) is 4.56. The topological polar surface area (TPSA) is 25.2 Å². The first-order valence-electron chi connectivity index (χ1n) is 6.49. The maximum absolute atomic E-state index is 6.06. The van der Waals surface area contributed by atoms with E-state index in [0.717, 1.165) is 26.0 Å². The van der Waals surface area contributed by atoms with E-state index in [1.807, 2.05) is 42.5 Å². The fourth-order valence-corrected chi connectivity index (χ4v) is 3.70. The Morgan fingerprint density at radius 1 is 1.14 bits per heavy atom. The number of hydrogen-bond acceptors (Lipinski definition) is 3. The molecule has 0 saturated heterocycles. The smallest absolute Gasteiger partial charge is 0.126 e. The number of benzene rings is 1. The van der Waals surface area contributed by atoms with Gasteiger partial charge in [-0.05, 0) is 35.9 Å². The van der Waals surface area contributed by atoms with E-state index in [0.29, 0.717) is 0 Å². The van der Waals surface area contributed by atoms with E-state index < -0.39 is 0 Å². The average Bonchev–Trinajstić information content (AvgIpc) is 3.13. The Bertz CT molecular complexity index is 711. The molecule has 1 unspecified atom stereocenters. The molecule has 0 aliphatic heterocycles. The van der Waals surface area contributed by atoms with Crippen molar-refractivity contribution in [2.75, 3.05) is 0 Å². The van der Waals surface area contributed by atoms with Crippen molar-refractivity contribution in [1.29, 1.82) is 0 Å². The third kappa shape index (κ3) is 3.58. The van der Waals surface area contributed by atoms with Crippen molar-refractivity contribution in [2.24, 2.45) is 0 Å². The molecule has 1 N–H and O–H groups in total. The van der Waals surface area contributed by atoms with Gasteiger partial charge in [0.2, 0.25) is 0 Å². The van der Waals surface area contributed by atoms with Crippen molar-refractivity contribution < 1.29 is 4.42 Å². The zero-order valence-corrected chi connectivity index (χ0v) is 14.2. The molecular weight excluding hydrogens is 370 g/mol. The van der Waals surface area contributed by atoms with Crippen LogP contribution in [0.4, 0.5) is 0 Å². The molecule has 2 nitrogen and oxygen atoms in total. The molecule has 1 atom stereocenters. The van der Waals surface area contributed by atoms with E-state index in [1.54, 1.807) is 17.6 Å². The Morgan fingerprint density at radius 3 is 2.67 bits per heavy atom. The normalized spacial score (nSPS) is 12.5. The molecule has 0 spiro atoms. The summed E-state index contributed by atoms with van der Waals surface area (Å²) in [6.07, 6.45) is 1.69. The average molecular weight is 383 g/mol. The fraction of sp³-hybridized carbons (Fsp3) is 0.125. The van der Waals surface area contributed by atoms with Gasteiger partial charge in [-0.2, -0.15) is 0 Å². The van der Waals surface area contributed by atoms with Crippen molar-refractivity contribution in [2.45, 2.75) is 12.6 Å². The molecule has 0 fully saturated rings. The summed E-state index contributed by atoms with van der Waals surface area (Å²) >= 11 is 11.2. The van der Waals surface area contributed by atoms with Crippen LogP contribution in [0.15, 0.2) is 63.7 Å². The molecule has 1 aromatic carbocycles. The van der Waals surface area contributed by atoms with Crippen LogP contribution in [0, 0.1) is 0 Å². The quantitative estimate of drug-likeness (QED) is 0.618. The molecule has 2 aromatic heterocycles. The first-order chi connectivity index (χ1) is 10.2. The van der Waals surface area contributed by atoms with Crippen molar-refractivity contribution in [1.82, 2.24) is 5.32 Å². The highest BCUT2D eigenvalue weighted by molar-refractivity contribution is 9.10. The van der Waals surface area contributed by atoms with E-state index in [-0.39, 0.29) is 6.04 Å². The number of halogens is 2. The maximum Gasteiger partial charge on any atom is 0.126 e. The summed E-state index contributed by atoms with van der Waals surface area (Å²) in [7, 11) is 0. The van der Waals surface area contributed by atoms with Crippen LogP contribution in [0.3, 0.4) is 0 Å². The Hall–Kier alpha value is -1.07. The summed E-state index contributed by atoms with van der Waals surface area (Å²) in [5, 5.41) is 3.54. The van der Waals surface area contributed by atoms with Crippen LogP contribution in [0.25, 0.3) is 0 Å². The van der Waals surface area contributed by atoms with Crippen molar-refractivity contribution >= 4 is 38.9 Å². The Morgan fingerprint density at radius 2 is 2.00 bits per heavy atom. The second-order valence-corrected chi connectivity index (χ2v) is 7.16. The molecule has 21 heavy (non-hydrogen) atoms. The minimum absolute atomic E-state index is 0.00426. The molecule has 0 bridgehead atoms. The molecule has 0 radical (unpaired) electrons. The molecular formula is C16H13BrClNOS. The van der Waals surface area contributed by atoms with Crippen LogP contribution in [0.1, 0.15) is 22.2 Å². The van der Waals surface area contributed by atoms with E-state index in [9.17, 15) is 0 Å². The SMILES string of the molecule is Clc1ccc(C(NCc2ccccc2Br)c2ccco2)s1. The molecule has 3 rings (SSSR count). The Balaban J connectivity index is 1.82. The van der Waals surface area contributed by atoms with Crippen LogP contribution in [-0.4, -0.2) is 0 Å². The summed E-state index contributed by atoms with van der Waals surface area (Å²) in [4.78, 5) is 1.14. The highest BCUT2D eigenvalue weighted by Crippen LogP contribution is 2.31. The summed E-state index contributed by atoms with van der Waals surface area (Å²) in [5.74, 6) is 0.889. The van der Waals surface area contributed by atoms with E-state index in [4.69, 9.17) is 16.0 Å². The first-order valence-corrected chi connectivity index (χ1v) is 8.48. The molecule has 0 saturated carbocycles. The molecule has 5 heteroatoms. The second kappa shape index (κ2) is 6.79. The van der Waals surface area contributed by atoms with Gasteiger partial charge < -0.3 is 4.42 Å². The predicted molar refractivity (Wildman–Crippen MR) is 90.9 cm³/mol. The lowest BCUT2D eigenvalue weighted by atomic mass is 10.1. The Kier molecular flexibility index (Phi) is 4.80. The highest BCUT2D eigenvalue weighted by atomic mass is 79.9. The number of furan rings is 1. The van der Waals surface area contributed by atoms with Crippen molar-refractivity contribution in [3.05, 3.63) is 79.8 Å². The monoisotopic (exact) mass is 381 g/mol. The zero-order valence-electron chi connectivity index (χ0n) is 11.1. The largest absolute Gasteiger partial charge is 0.467 e. The lowest BCUT2D eigenvalue weighted by molar-refractivity contribution is 0.449. The van der Waals surface area contributed by atoms with Gasteiger partial charge in [-0.15, -0.1) is 11.3 Å². The van der Waals surface area contributed by atoms with Crippen molar-refractivity contribution in [3.8, 4) is 0 Å². The van der Waals surface area contributed by atoms with Crippen LogP contribution < -0.4 is 5.32 Å². The van der Waals surface area contributed by atoms with Crippen LogP contribution in [0.2, 0.25) is 4.34 Å². The van der Waals surface area contributed by atoms with Gasteiger partial charge in [0.1, 0.15) is 11.8 Å². The molecule has 0 amide bonds. The van der Waals surface area contributed by atoms with Gasteiger partial charge in [-0.1, -0.05) is 45.7 Å². The van der Waals surface area contributed by atoms with Gasteiger partial charge in [0.05, 0.1) is 10.6 Å². The predicted octanol–water partition coefficient (Wildman–Crippen LogP) is 5.64. The maximum atomic E-state index is 6.06. The summed E-state index contributed by atoms with van der Waals surface area (Å²) in [6, 6.07) is 16.0. The van der Waals surface area contributed by atoms with E-state index in [2.05, 4.69) is 27.3 Å². The lowest BCUT2D eigenvalue weighted by Crippen LogP contribution is -2.21. The van der Waals surface area contributed by atoms with Gasteiger partial charge in [0, 0.05) is 15.9 Å². The number of hydrogen-bond donors (Lipinski definition) is 1. The van der Waals surface area contributed by atoms with Crippen LogP contribution >= 0.6 is 38.9 Å². The molecule has 0 aliphatic carbocycles. The summed E-state index contributed by atoms with van der Waals surface area (Å²) in [5.41, 5.74) is 1.21. The number of rotatable bonds is 5. The molecule has 3 aromatic rings. The summed E-state index contributed by atoms with van der Waals surface area (Å²) in [6.45, 7) is 0.738. The number of nitrogens with one attached hydrogen (secondary N) is 1. The van der Waals surface area contributed by atoms with Gasteiger partial charge in [0.25, 0.3) is 0 Å². The minimum Gasteiger partial charge on any atom is -0.467 e. The summed E-state index contributed by atoms with van der Waals surface area (Å²) < 4.78 is 7.45. The Labute approximate surface area is 140 Å². The van der Waals surface area contributed by atoms with E-state index in [1.165, 1.54) is 5.56 Å². The lowest BCUT2D eigenvalue weighted by Gasteiger charge is -2.16. The molecule has 108 valence electrons. The van der Waals surface area contributed by atoms with Gasteiger partial charge in [-0.25, -0.2) is 0 Å². The van der Waals surface area contributed by atoms with Gasteiger partial charge >= 0.3 is 0 Å². The third-order valence-corrected chi connectivity index (χ3v) is 5.23. The minimum atomic E-state index is 0.00426. The first kappa shape index (κ1) is 14.9.